The summed E-state index contributed by atoms with van der Waals surface area (Å²) in [6.07, 6.45) is 2.56. The topological polar surface area (TPSA) is 64.1 Å². The molecule has 0 spiro atoms. The summed E-state index contributed by atoms with van der Waals surface area (Å²) in [4.78, 5) is 4.34. The van der Waals surface area contributed by atoms with Crippen LogP contribution in [-0.2, 0) is 0 Å². The summed E-state index contributed by atoms with van der Waals surface area (Å²) < 4.78 is 5.57. The predicted octanol–water partition coefficient (Wildman–Crippen LogP) is 2.62. The predicted molar refractivity (Wildman–Crippen MR) is 64.3 cm³/mol. The number of oxazole rings is 1. The minimum absolute atomic E-state index is 0.437. The zero-order valence-electron chi connectivity index (χ0n) is 9.29. The second kappa shape index (κ2) is 3.14. The number of hydrogen-bond acceptors (Lipinski definition) is 4. The van der Waals surface area contributed by atoms with Crippen LogP contribution in [0.5, 0.6) is 0 Å². The maximum absolute atomic E-state index is 5.81. The van der Waals surface area contributed by atoms with Gasteiger partial charge in [-0.05, 0) is 30.4 Å². The lowest BCUT2D eigenvalue weighted by molar-refractivity contribution is 0.568. The first kappa shape index (κ1) is 9.51. The van der Waals surface area contributed by atoms with Gasteiger partial charge in [0.1, 0.15) is 5.52 Å². The standard InChI is InChI=1S/C12H15N3O/c1-12(5-6-12)7-14-11-15-10-8(13)3-2-4-9(10)16-11/h2-4H,5-7,13H2,1H3,(H,14,15). The molecule has 0 saturated heterocycles. The van der Waals surface area contributed by atoms with Crippen molar-refractivity contribution in [2.24, 2.45) is 5.41 Å². The Morgan fingerprint density at radius 1 is 1.50 bits per heavy atom. The zero-order chi connectivity index (χ0) is 11.2. The first-order chi connectivity index (χ1) is 7.66. The number of nitrogen functional groups attached to an aromatic ring is 1. The van der Waals surface area contributed by atoms with E-state index in [-0.39, 0.29) is 0 Å². The molecule has 1 aliphatic carbocycles. The van der Waals surface area contributed by atoms with Gasteiger partial charge in [0.25, 0.3) is 6.01 Å². The van der Waals surface area contributed by atoms with E-state index in [1.54, 1.807) is 0 Å². The lowest BCUT2D eigenvalue weighted by atomic mass is 10.1. The number of rotatable bonds is 3. The van der Waals surface area contributed by atoms with Crippen molar-refractivity contribution in [1.29, 1.82) is 0 Å². The Balaban J connectivity index is 1.85. The van der Waals surface area contributed by atoms with Crippen LogP contribution in [0.4, 0.5) is 11.7 Å². The molecule has 0 radical (unpaired) electrons. The summed E-state index contributed by atoms with van der Waals surface area (Å²) in [7, 11) is 0. The third-order valence-electron chi connectivity index (χ3n) is 3.22. The molecule has 1 saturated carbocycles. The van der Waals surface area contributed by atoms with E-state index in [0.717, 1.165) is 17.6 Å². The highest BCUT2D eigenvalue weighted by molar-refractivity contribution is 5.86. The maximum Gasteiger partial charge on any atom is 0.295 e. The number of para-hydroxylation sites is 1. The summed E-state index contributed by atoms with van der Waals surface area (Å²) in [5.41, 5.74) is 8.39. The van der Waals surface area contributed by atoms with Gasteiger partial charge >= 0.3 is 0 Å². The van der Waals surface area contributed by atoms with E-state index in [1.807, 2.05) is 18.2 Å². The molecule has 4 heteroatoms. The van der Waals surface area contributed by atoms with Gasteiger partial charge in [0.15, 0.2) is 5.58 Å². The van der Waals surface area contributed by atoms with Crippen molar-refractivity contribution in [3.05, 3.63) is 18.2 Å². The number of benzene rings is 1. The molecule has 16 heavy (non-hydrogen) atoms. The Bertz CT molecular complexity index is 528. The summed E-state index contributed by atoms with van der Waals surface area (Å²) >= 11 is 0. The van der Waals surface area contributed by atoms with Crippen LogP contribution < -0.4 is 11.1 Å². The zero-order valence-corrected chi connectivity index (χ0v) is 9.29. The fourth-order valence-electron chi connectivity index (χ4n) is 1.72. The first-order valence-electron chi connectivity index (χ1n) is 5.55. The molecule has 1 fully saturated rings. The number of nitrogens with zero attached hydrogens (tertiary/aromatic N) is 1. The van der Waals surface area contributed by atoms with E-state index in [2.05, 4.69) is 17.2 Å². The molecule has 0 aliphatic heterocycles. The number of nitrogens with two attached hydrogens (primary N) is 1. The maximum atomic E-state index is 5.81. The van der Waals surface area contributed by atoms with Crippen molar-refractivity contribution in [2.75, 3.05) is 17.6 Å². The average Bonchev–Trinajstić information content (AvgIpc) is 2.84. The Hall–Kier alpha value is -1.71. The fraction of sp³-hybridized carbons (Fsp3) is 0.417. The summed E-state index contributed by atoms with van der Waals surface area (Å²) in [6, 6.07) is 6.15. The number of hydrogen-bond donors (Lipinski definition) is 2. The number of anilines is 2. The normalized spacial score (nSPS) is 17.6. The van der Waals surface area contributed by atoms with Gasteiger partial charge < -0.3 is 15.5 Å². The van der Waals surface area contributed by atoms with Crippen LogP contribution in [0.2, 0.25) is 0 Å². The highest BCUT2D eigenvalue weighted by Gasteiger charge is 2.37. The van der Waals surface area contributed by atoms with Crippen molar-refractivity contribution in [3.63, 3.8) is 0 Å². The van der Waals surface area contributed by atoms with Gasteiger partial charge in [-0.25, -0.2) is 0 Å². The molecule has 0 atom stereocenters. The van der Waals surface area contributed by atoms with Gasteiger partial charge in [0, 0.05) is 6.54 Å². The molecular weight excluding hydrogens is 202 g/mol. The van der Waals surface area contributed by atoms with Gasteiger partial charge in [-0.3, -0.25) is 0 Å². The molecule has 1 heterocycles. The first-order valence-corrected chi connectivity index (χ1v) is 5.55. The van der Waals surface area contributed by atoms with Gasteiger partial charge in [-0.15, -0.1) is 0 Å². The molecule has 1 aliphatic rings. The highest BCUT2D eigenvalue weighted by atomic mass is 16.4. The van der Waals surface area contributed by atoms with Gasteiger partial charge in [-0.1, -0.05) is 13.0 Å². The average molecular weight is 217 g/mol. The van der Waals surface area contributed by atoms with Gasteiger partial charge in [0.05, 0.1) is 5.69 Å². The molecule has 84 valence electrons. The second-order valence-electron chi connectivity index (χ2n) is 4.88. The molecule has 0 unspecified atom stereocenters. The summed E-state index contributed by atoms with van der Waals surface area (Å²) in [5.74, 6) is 0. The monoisotopic (exact) mass is 217 g/mol. The van der Waals surface area contributed by atoms with Crippen LogP contribution in [0.3, 0.4) is 0 Å². The Labute approximate surface area is 93.8 Å². The van der Waals surface area contributed by atoms with E-state index in [4.69, 9.17) is 10.2 Å². The summed E-state index contributed by atoms with van der Waals surface area (Å²) in [6.45, 7) is 3.18. The largest absolute Gasteiger partial charge is 0.423 e. The van der Waals surface area contributed by atoms with Crippen LogP contribution in [0, 0.1) is 5.41 Å². The molecule has 3 N–H and O–H groups in total. The van der Waals surface area contributed by atoms with Gasteiger partial charge in [0.2, 0.25) is 0 Å². The van der Waals surface area contributed by atoms with Crippen LogP contribution in [0.1, 0.15) is 19.8 Å². The number of nitrogens with one attached hydrogen (secondary N) is 1. The van der Waals surface area contributed by atoms with E-state index in [0.29, 0.717) is 17.1 Å². The molecule has 1 aromatic carbocycles. The highest BCUT2D eigenvalue weighted by Crippen LogP contribution is 2.44. The third-order valence-corrected chi connectivity index (χ3v) is 3.22. The molecule has 2 aromatic rings. The Morgan fingerprint density at radius 3 is 3.00 bits per heavy atom. The number of aromatic nitrogens is 1. The number of fused-ring (bicyclic) bond motifs is 1. The molecular formula is C12H15N3O. The third kappa shape index (κ3) is 1.60. The molecule has 0 amide bonds. The van der Waals surface area contributed by atoms with Crippen LogP contribution in [-0.4, -0.2) is 11.5 Å². The van der Waals surface area contributed by atoms with Crippen molar-refractivity contribution in [3.8, 4) is 0 Å². The smallest absolute Gasteiger partial charge is 0.295 e. The minimum Gasteiger partial charge on any atom is -0.423 e. The van der Waals surface area contributed by atoms with Crippen molar-refractivity contribution >= 4 is 22.8 Å². The fourth-order valence-corrected chi connectivity index (χ4v) is 1.72. The van der Waals surface area contributed by atoms with Crippen molar-refractivity contribution in [2.45, 2.75) is 19.8 Å². The van der Waals surface area contributed by atoms with Gasteiger partial charge in [-0.2, -0.15) is 4.98 Å². The molecule has 4 nitrogen and oxygen atoms in total. The molecule has 0 bridgehead atoms. The quantitative estimate of drug-likeness (QED) is 0.776. The molecule has 1 aromatic heterocycles. The Kier molecular flexibility index (Phi) is 1.87. The van der Waals surface area contributed by atoms with E-state index in [9.17, 15) is 0 Å². The van der Waals surface area contributed by atoms with E-state index >= 15 is 0 Å². The Morgan fingerprint density at radius 2 is 2.31 bits per heavy atom. The van der Waals surface area contributed by atoms with E-state index in [1.165, 1.54) is 12.8 Å². The second-order valence-corrected chi connectivity index (χ2v) is 4.88. The van der Waals surface area contributed by atoms with Crippen LogP contribution >= 0.6 is 0 Å². The van der Waals surface area contributed by atoms with Crippen LogP contribution in [0.15, 0.2) is 22.6 Å². The van der Waals surface area contributed by atoms with Crippen LogP contribution in [0.25, 0.3) is 11.1 Å². The van der Waals surface area contributed by atoms with Crippen molar-refractivity contribution < 1.29 is 4.42 Å². The lowest BCUT2D eigenvalue weighted by Gasteiger charge is -2.06. The summed E-state index contributed by atoms with van der Waals surface area (Å²) in [5, 5.41) is 3.23. The van der Waals surface area contributed by atoms with Crippen molar-refractivity contribution in [1.82, 2.24) is 4.98 Å². The minimum atomic E-state index is 0.437. The molecule has 3 rings (SSSR count). The lowest BCUT2D eigenvalue weighted by Crippen LogP contribution is -2.11. The SMILES string of the molecule is CC1(CNc2nc3c(N)cccc3o2)CC1. The van der Waals surface area contributed by atoms with E-state index < -0.39 is 0 Å².